The molecule has 0 spiro atoms. The molecule has 4 rings (SSSR count). The summed E-state index contributed by atoms with van der Waals surface area (Å²) in [6.45, 7) is 2.25. The van der Waals surface area contributed by atoms with E-state index >= 15 is 0 Å². The molecule has 9 heteroatoms. The summed E-state index contributed by atoms with van der Waals surface area (Å²) in [5.41, 5.74) is 7.67. The first kappa shape index (κ1) is 14.9. The van der Waals surface area contributed by atoms with Gasteiger partial charge in [0.05, 0.1) is 19.1 Å². The number of hydrogen-bond acceptors (Lipinski definition) is 7. The van der Waals surface area contributed by atoms with E-state index in [1.165, 1.54) is 12.5 Å². The lowest BCUT2D eigenvalue weighted by Crippen LogP contribution is -2.38. The van der Waals surface area contributed by atoms with Crippen LogP contribution in [0.4, 0.5) is 10.2 Å². The third-order valence-electron chi connectivity index (χ3n) is 4.02. The molecule has 0 aromatic carbocycles. The summed E-state index contributed by atoms with van der Waals surface area (Å²) in [6, 6.07) is 1.68. The van der Waals surface area contributed by atoms with Crippen molar-refractivity contribution >= 4 is 17.0 Å². The number of aromatic amines is 1. The van der Waals surface area contributed by atoms with Gasteiger partial charge >= 0.3 is 0 Å². The molecule has 1 aliphatic heterocycles. The highest BCUT2D eigenvalue weighted by molar-refractivity contribution is 5.80. The van der Waals surface area contributed by atoms with Crippen molar-refractivity contribution < 1.29 is 9.13 Å². The number of hydrogen-bond donors (Lipinski definition) is 2. The van der Waals surface area contributed by atoms with Crippen molar-refractivity contribution in [3.8, 4) is 0 Å². The van der Waals surface area contributed by atoms with Gasteiger partial charge in [0.15, 0.2) is 17.3 Å². The molecule has 124 valence electrons. The Labute approximate surface area is 136 Å². The number of nitrogens with zero attached hydrogens (tertiary/aromatic N) is 5. The average Bonchev–Trinajstić information content (AvgIpc) is 3.06. The molecule has 1 atom stereocenters. The zero-order valence-electron chi connectivity index (χ0n) is 12.8. The number of ether oxygens (including phenoxy) is 1. The zero-order valence-corrected chi connectivity index (χ0v) is 12.8. The van der Waals surface area contributed by atoms with Crippen LogP contribution in [0.3, 0.4) is 0 Å². The predicted octanol–water partition coefficient (Wildman–Crippen LogP) is 1.04. The number of halogens is 1. The highest BCUT2D eigenvalue weighted by Gasteiger charge is 2.26. The van der Waals surface area contributed by atoms with E-state index in [1.807, 2.05) is 0 Å². The molecule has 0 aliphatic carbocycles. The van der Waals surface area contributed by atoms with Gasteiger partial charge < -0.3 is 15.5 Å². The number of nitrogen functional groups attached to an aromatic ring is 1. The Hall–Kier alpha value is -2.65. The summed E-state index contributed by atoms with van der Waals surface area (Å²) in [4.78, 5) is 21.6. The molecule has 4 heterocycles. The lowest BCUT2D eigenvalue weighted by atomic mass is 10.2. The maximum atomic E-state index is 13.8. The van der Waals surface area contributed by atoms with Crippen molar-refractivity contribution in [2.45, 2.75) is 12.6 Å². The quantitative estimate of drug-likeness (QED) is 0.739. The van der Waals surface area contributed by atoms with Crippen molar-refractivity contribution in [3.63, 3.8) is 0 Å². The lowest BCUT2D eigenvalue weighted by molar-refractivity contribution is -0.0372. The third-order valence-corrected chi connectivity index (χ3v) is 4.02. The summed E-state index contributed by atoms with van der Waals surface area (Å²) in [6.07, 6.45) is 4.01. The fourth-order valence-electron chi connectivity index (χ4n) is 2.79. The second kappa shape index (κ2) is 6.10. The van der Waals surface area contributed by atoms with Gasteiger partial charge in [-0.15, -0.1) is 0 Å². The summed E-state index contributed by atoms with van der Waals surface area (Å²) in [5, 5.41) is 0. The number of nitrogens with one attached hydrogen (secondary N) is 1. The fourth-order valence-corrected chi connectivity index (χ4v) is 2.79. The largest absolute Gasteiger partial charge is 0.382 e. The zero-order chi connectivity index (χ0) is 16.5. The number of imidazole rings is 1. The second-order valence-corrected chi connectivity index (χ2v) is 5.63. The first-order valence-electron chi connectivity index (χ1n) is 7.59. The first-order chi connectivity index (χ1) is 11.7. The van der Waals surface area contributed by atoms with E-state index in [4.69, 9.17) is 10.5 Å². The van der Waals surface area contributed by atoms with Gasteiger partial charge in [0.1, 0.15) is 17.4 Å². The van der Waals surface area contributed by atoms with Gasteiger partial charge in [-0.05, 0) is 6.07 Å². The van der Waals surface area contributed by atoms with Crippen LogP contribution in [0, 0.1) is 5.82 Å². The molecule has 1 saturated heterocycles. The maximum Gasteiger partial charge on any atom is 0.183 e. The Morgan fingerprint density at radius 2 is 2.33 bits per heavy atom. The topological polar surface area (TPSA) is 106 Å². The minimum Gasteiger partial charge on any atom is -0.382 e. The van der Waals surface area contributed by atoms with Crippen LogP contribution < -0.4 is 5.73 Å². The van der Waals surface area contributed by atoms with Crippen molar-refractivity contribution in [1.29, 1.82) is 0 Å². The molecule has 3 aromatic heterocycles. The Morgan fingerprint density at radius 1 is 1.42 bits per heavy atom. The van der Waals surface area contributed by atoms with Crippen LogP contribution in [0.15, 0.2) is 24.8 Å². The van der Waals surface area contributed by atoms with Crippen molar-refractivity contribution in [2.75, 3.05) is 25.4 Å². The molecule has 0 saturated carbocycles. The Morgan fingerprint density at radius 3 is 3.21 bits per heavy atom. The average molecular weight is 329 g/mol. The molecule has 0 amide bonds. The maximum absolute atomic E-state index is 13.8. The van der Waals surface area contributed by atoms with Crippen molar-refractivity contribution in [1.82, 2.24) is 29.8 Å². The monoisotopic (exact) mass is 329 g/mol. The predicted molar refractivity (Wildman–Crippen MR) is 84.3 cm³/mol. The van der Waals surface area contributed by atoms with Crippen LogP contribution in [0.5, 0.6) is 0 Å². The van der Waals surface area contributed by atoms with Crippen LogP contribution in [-0.4, -0.2) is 49.5 Å². The molecule has 24 heavy (non-hydrogen) atoms. The summed E-state index contributed by atoms with van der Waals surface area (Å²) >= 11 is 0. The summed E-state index contributed by atoms with van der Waals surface area (Å²) in [5.74, 6) is 0.527. The number of fused-ring (bicyclic) bond motifs is 1. The van der Waals surface area contributed by atoms with Crippen LogP contribution in [-0.2, 0) is 11.3 Å². The van der Waals surface area contributed by atoms with E-state index in [0.717, 1.165) is 0 Å². The minimum atomic E-state index is -0.327. The Balaban J connectivity index is 1.54. The van der Waals surface area contributed by atoms with E-state index in [-0.39, 0.29) is 11.9 Å². The number of anilines is 1. The van der Waals surface area contributed by atoms with E-state index in [2.05, 4.69) is 29.8 Å². The summed E-state index contributed by atoms with van der Waals surface area (Å²) < 4.78 is 19.6. The molecule has 1 unspecified atom stereocenters. The number of rotatable bonds is 3. The van der Waals surface area contributed by atoms with Gasteiger partial charge in [0.2, 0.25) is 0 Å². The van der Waals surface area contributed by atoms with Gasteiger partial charge in [-0.25, -0.2) is 19.3 Å². The van der Waals surface area contributed by atoms with Gasteiger partial charge in [-0.2, -0.15) is 0 Å². The number of aromatic nitrogens is 5. The van der Waals surface area contributed by atoms with E-state index in [0.29, 0.717) is 54.6 Å². The molecule has 0 bridgehead atoms. The van der Waals surface area contributed by atoms with Gasteiger partial charge in [0, 0.05) is 31.4 Å². The Bertz CT molecular complexity index is 868. The minimum absolute atomic E-state index is 0.307. The molecule has 3 N–H and O–H groups in total. The molecule has 8 nitrogen and oxygen atoms in total. The lowest BCUT2D eigenvalue weighted by Gasteiger charge is -2.32. The number of morpholine rings is 1. The molecular formula is C15H16FN7O. The molecule has 0 radical (unpaired) electrons. The number of H-pyrrole nitrogens is 1. The van der Waals surface area contributed by atoms with E-state index < -0.39 is 0 Å². The first-order valence-corrected chi connectivity index (χ1v) is 7.59. The molecule has 3 aromatic rings. The van der Waals surface area contributed by atoms with E-state index in [1.54, 1.807) is 12.3 Å². The van der Waals surface area contributed by atoms with Gasteiger partial charge in [0.25, 0.3) is 0 Å². The van der Waals surface area contributed by atoms with Crippen molar-refractivity contribution in [3.05, 3.63) is 42.0 Å². The Kier molecular flexibility index (Phi) is 3.79. The van der Waals surface area contributed by atoms with Gasteiger partial charge in [-0.1, -0.05) is 0 Å². The van der Waals surface area contributed by atoms with Crippen molar-refractivity contribution in [2.24, 2.45) is 0 Å². The SMILES string of the molecule is Nc1nc(C2CN(Cc3ccncc3F)CCO2)nc2nc[nH]c12. The molecular weight excluding hydrogens is 313 g/mol. The van der Waals surface area contributed by atoms with Gasteiger partial charge in [-0.3, -0.25) is 9.88 Å². The highest BCUT2D eigenvalue weighted by atomic mass is 19.1. The second-order valence-electron chi connectivity index (χ2n) is 5.63. The highest BCUT2D eigenvalue weighted by Crippen LogP contribution is 2.24. The van der Waals surface area contributed by atoms with Crippen LogP contribution in [0.1, 0.15) is 17.5 Å². The van der Waals surface area contributed by atoms with E-state index in [9.17, 15) is 4.39 Å². The van der Waals surface area contributed by atoms with Crippen LogP contribution >= 0.6 is 0 Å². The fraction of sp³-hybridized carbons (Fsp3) is 0.333. The third kappa shape index (κ3) is 2.79. The standard InChI is InChI=1S/C15H16FN7O/c16-10-5-18-2-1-9(10)6-23-3-4-24-11(7-23)14-21-13(17)12-15(22-14)20-8-19-12/h1-2,5,8,11H,3-4,6-7H2,(H3,17,19,20,21,22). The summed E-state index contributed by atoms with van der Waals surface area (Å²) in [7, 11) is 0. The number of pyridine rings is 1. The molecule has 1 fully saturated rings. The van der Waals surface area contributed by atoms with Crippen LogP contribution in [0.25, 0.3) is 11.2 Å². The number of nitrogens with two attached hydrogens (primary N) is 1. The smallest absolute Gasteiger partial charge is 0.183 e. The normalized spacial score (nSPS) is 19.0. The van der Waals surface area contributed by atoms with Crippen LogP contribution in [0.2, 0.25) is 0 Å². The molecule has 1 aliphatic rings.